The van der Waals surface area contributed by atoms with Crippen molar-refractivity contribution in [1.82, 2.24) is 4.90 Å². The van der Waals surface area contributed by atoms with Gasteiger partial charge in [-0.1, -0.05) is 62.7 Å². The predicted molar refractivity (Wildman–Crippen MR) is 131 cm³/mol. The zero-order chi connectivity index (χ0) is 29.3. The number of hydrogen-bond acceptors (Lipinski definition) is 1. The zero-order valence-electron chi connectivity index (χ0n) is 21.1. The van der Waals surface area contributed by atoms with Crippen LogP contribution in [0.15, 0.2) is 54.6 Å². The quantitative estimate of drug-likeness (QED) is 0.268. The third-order valence-corrected chi connectivity index (χ3v) is 6.35. The molecule has 0 fully saturated rings. The minimum atomic E-state index is -4.96. The molecular formula is C28H24ClF8NO. The highest BCUT2D eigenvalue weighted by Gasteiger charge is 2.35. The molecule has 0 saturated heterocycles. The second-order valence-corrected chi connectivity index (χ2v) is 10.5. The van der Waals surface area contributed by atoms with E-state index in [1.54, 1.807) is 24.3 Å². The van der Waals surface area contributed by atoms with E-state index in [1.807, 2.05) is 20.8 Å². The first-order chi connectivity index (χ1) is 17.9. The SMILES string of the molecule is CC(C)(C)c1ccc(CN(CCc2ccc(F)c(C(F)(F)F)c2)C(=O)c2cc(C(F)(F)F)cc(Cl)c2F)cc1. The number of benzene rings is 3. The van der Waals surface area contributed by atoms with Crippen LogP contribution in [0.3, 0.4) is 0 Å². The standard InChI is InChI=1S/C28H24ClF8NO/c1-26(2,3)18-7-4-17(5-8-18)15-38(11-10-16-6-9-23(30)21(12-16)28(35,36)37)25(39)20-13-19(27(32,33)34)14-22(29)24(20)31/h4-9,12-14H,10-11,15H2,1-3H3. The maximum atomic E-state index is 14.8. The number of alkyl halides is 6. The molecule has 0 spiro atoms. The summed E-state index contributed by atoms with van der Waals surface area (Å²) in [5.74, 6) is -3.97. The first-order valence-corrected chi connectivity index (χ1v) is 12.1. The van der Waals surface area contributed by atoms with Crippen LogP contribution in [-0.2, 0) is 30.7 Å². The van der Waals surface area contributed by atoms with Crippen LogP contribution in [0.25, 0.3) is 0 Å². The largest absolute Gasteiger partial charge is 0.419 e. The third-order valence-electron chi connectivity index (χ3n) is 6.07. The minimum Gasteiger partial charge on any atom is -0.334 e. The fraction of sp³-hybridized carbons (Fsp3) is 0.321. The van der Waals surface area contributed by atoms with Crippen molar-refractivity contribution in [2.45, 2.75) is 51.5 Å². The summed E-state index contributed by atoms with van der Waals surface area (Å²) in [7, 11) is 0. The average Bonchev–Trinajstić information content (AvgIpc) is 2.82. The summed E-state index contributed by atoms with van der Waals surface area (Å²) in [6, 6.07) is 10.0. The van der Waals surface area contributed by atoms with Gasteiger partial charge in [0.2, 0.25) is 0 Å². The summed E-state index contributed by atoms with van der Waals surface area (Å²) in [5, 5.41) is -0.906. The van der Waals surface area contributed by atoms with Crippen LogP contribution >= 0.6 is 11.6 Å². The molecule has 0 bridgehead atoms. The lowest BCUT2D eigenvalue weighted by Crippen LogP contribution is -2.33. The predicted octanol–water partition coefficient (Wildman–Crippen LogP) is 8.84. The summed E-state index contributed by atoms with van der Waals surface area (Å²) in [5.41, 5.74) is -2.42. The number of carbonyl (C=O) groups is 1. The Balaban J connectivity index is 1.99. The number of nitrogens with zero attached hydrogens (tertiary/aromatic N) is 1. The van der Waals surface area contributed by atoms with E-state index in [-0.39, 0.29) is 30.5 Å². The molecule has 0 saturated carbocycles. The number of halogens is 9. The van der Waals surface area contributed by atoms with Crippen molar-refractivity contribution in [1.29, 1.82) is 0 Å². The van der Waals surface area contributed by atoms with Crippen molar-refractivity contribution >= 4 is 17.5 Å². The van der Waals surface area contributed by atoms with Crippen LogP contribution in [0.2, 0.25) is 5.02 Å². The maximum Gasteiger partial charge on any atom is 0.419 e. The normalized spacial score (nSPS) is 12.5. The lowest BCUT2D eigenvalue weighted by molar-refractivity contribution is -0.140. The molecule has 0 atom stereocenters. The highest BCUT2D eigenvalue weighted by atomic mass is 35.5. The molecule has 2 nitrogen and oxygen atoms in total. The van der Waals surface area contributed by atoms with E-state index in [1.165, 1.54) is 0 Å². The fourth-order valence-corrected chi connectivity index (χ4v) is 4.09. The van der Waals surface area contributed by atoms with Crippen LogP contribution in [0.4, 0.5) is 35.1 Å². The summed E-state index contributed by atoms with van der Waals surface area (Å²) in [6.45, 7) is 5.45. The molecule has 210 valence electrons. The highest BCUT2D eigenvalue weighted by molar-refractivity contribution is 6.31. The molecule has 0 heterocycles. The molecule has 3 aromatic rings. The average molecular weight is 578 g/mol. The van der Waals surface area contributed by atoms with Gasteiger partial charge in [-0.15, -0.1) is 0 Å². The topological polar surface area (TPSA) is 20.3 Å². The van der Waals surface area contributed by atoms with E-state index in [0.717, 1.165) is 16.5 Å². The molecule has 3 aromatic carbocycles. The molecule has 0 radical (unpaired) electrons. The molecule has 0 aromatic heterocycles. The first kappa shape index (κ1) is 30.4. The van der Waals surface area contributed by atoms with Crippen molar-refractivity contribution in [3.63, 3.8) is 0 Å². The molecular weight excluding hydrogens is 554 g/mol. The Morgan fingerprint density at radius 3 is 1.92 bits per heavy atom. The zero-order valence-corrected chi connectivity index (χ0v) is 21.8. The summed E-state index contributed by atoms with van der Waals surface area (Å²) < 4.78 is 108. The lowest BCUT2D eigenvalue weighted by atomic mass is 9.87. The second-order valence-electron chi connectivity index (χ2n) is 10.1. The Hall–Kier alpha value is -3.14. The fourth-order valence-electron chi connectivity index (χ4n) is 3.87. The lowest BCUT2D eigenvalue weighted by Gasteiger charge is -2.25. The smallest absolute Gasteiger partial charge is 0.334 e. The van der Waals surface area contributed by atoms with Gasteiger partial charge in [-0.2, -0.15) is 26.3 Å². The third kappa shape index (κ3) is 7.50. The van der Waals surface area contributed by atoms with Crippen LogP contribution in [0.1, 0.15) is 58.9 Å². The van der Waals surface area contributed by atoms with Crippen molar-refractivity contribution in [3.05, 3.63) is 105 Å². The van der Waals surface area contributed by atoms with E-state index in [0.29, 0.717) is 29.8 Å². The number of rotatable bonds is 6. The van der Waals surface area contributed by atoms with E-state index in [4.69, 9.17) is 11.6 Å². The van der Waals surface area contributed by atoms with Gasteiger partial charge in [0.25, 0.3) is 5.91 Å². The molecule has 0 N–H and O–H groups in total. The van der Waals surface area contributed by atoms with Gasteiger partial charge in [-0.25, -0.2) is 8.78 Å². The van der Waals surface area contributed by atoms with Crippen LogP contribution in [0, 0.1) is 11.6 Å². The van der Waals surface area contributed by atoms with Gasteiger partial charge in [-0.3, -0.25) is 4.79 Å². The van der Waals surface area contributed by atoms with Crippen molar-refractivity contribution in [3.8, 4) is 0 Å². The Morgan fingerprint density at radius 2 is 1.38 bits per heavy atom. The Labute approximate surface area is 225 Å². The number of carbonyl (C=O) groups excluding carboxylic acids is 1. The number of hydrogen-bond donors (Lipinski definition) is 0. The van der Waals surface area contributed by atoms with E-state index in [2.05, 4.69) is 0 Å². The second kappa shape index (κ2) is 11.2. The van der Waals surface area contributed by atoms with E-state index >= 15 is 0 Å². The Bertz CT molecular complexity index is 1340. The molecule has 0 unspecified atom stereocenters. The minimum absolute atomic E-state index is 0.0205. The molecule has 0 aliphatic carbocycles. The molecule has 1 amide bonds. The van der Waals surface area contributed by atoms with Crippen LogP contribution in [-0.4, -0.2) is 17.4 Å². The van der Waals surface area contributed by atoms with Gasteiger partial charge in [0.1, 0.15) is 5.82 Å². The van der Waals surface area contributed by atoms with Gasteiger partial charge in [0.15, 0.2) is 5.82 Å². The molecule has 0 aliphatic rings. The summed E-state index contributed by atoms with van der Waals surface area (Å²) >= 11 is 5.65. The Morgan fingerprint density at radius 1 is 0.795 bits per heavy atom. The molecule has 11 heteroatoms. The van der Waals surface area contributed by atoms with E-state index < -0.39 is 51.6 Å². The molecule has 3 rings (SSSR count). The molecule has 0 aliphatic heterocycles. The van der Waals surface area contributed by atoms with Gasteiger partial charge in [-0.05, 0) is 52.8 Å². The van der Waals surface area contributed by atoms with Gasteiger partial charge < -0.3 is 4.90 Å². The number of amides is 1. The monoisotopic (exact) mass is 577 g/mol. The van der Waals surface area contributed by atoms with Crippen molar-refractivity contribution in [2.75, 3.05) is 6.54 Å². The van der Waals surface area contributed by atoms with Gasteiger partial charge >= 0.3 is 12.4 Å². The van der Waals surface area contributed by atoms with Gasteiger partial charge in [0.05, 0.1) is 21.7 Å². The summed E-state index contributed by atoms with van der Waals surface area (Å²) in [6.07, 6.45) is -10.1. The van der Waals surface area contributed by atoms with Gasteiger partial charge in [0, 0.05) is 13.1 Å². The molecule has 39 heavy (non-hydrogen) atoms. The van der Waals surface area contributed by atoms with E-state index in [9.17, 15) is 39.9 Å². The summed E-state index contributed by atoms with van der Waals surface area (Å²) in [4.78, 5) is 14.4. The highest BCUT2D eigenvalue weighted by Crippen LogP contribution is 2.35. The Kier molecular flexibility index (Phi) is 8.69. The van der Waals surface area contributed by atoms with Crippen molar-refractivity contribution in [2.24, 2.45) is 0 Å². The maximum absolute atomic E-state index is 14.8. The van der Waals surface area contributed by atoms with Crippen LogP contribution < -0.4 is 0 Å². The van der Waals surface area contributed by atoms with Crippen LogP contribution in [0.5, 0.6) is 0 Å². The van der Waals surface area contributed by atoms with Crippen molar-refractivity contribution < 1.29 is 39.9 Å². The first-order valence-electron chi connectivity index (χ1n) is 11.7.